The molecule has 1 aliphatic heterocycles. The minimum Gasteiger partial charge on any atom is -0.305 e. The first-order valence-electron chi connectivity index (χ1n) is 10.3. The molecule has 4 rings (SSSR count). The number of carbonyl (C=O) groups is 2. The lowest BCUT2D eigenvalue weighted by Crippen LogP contribution is -2.47. The van der Waals surface area contributed by atoms with Gasteiger partial charge in [0.15, 0.2) is 0 Å². The average Bonchev–Trinajstić information content (AvgIpc) is 2.74. The van der Waals surface area contributed by atoms with Crippen LogP contribution < -0.4 is 9.80 Å². The van der Waals surface area contributed by atoms with E-state index in [-0.39, 0.29) is 23.9 Å². The molecule has 4 nitrogen and oxygen atoms in total. The van der Waals surface area contributed by atoms with Crippen molar-refractivity contribution in [3.05, 3.63) is 95.6 Å². The Hall–Kier alpha value is -3.40. The SMILES string of the molecule is CC(=O)N(c1ccccc1)[C@@H]1C[C@H](C)N(C(=O)c2ccccc2C)c2ccccc21. The van der Waals surface area contributed by atoms with Crippen LogP contribution in [0.25, 0.3) is 0 Å². The molecular formula is C26H26N2O2. The van der Waals surface area contributed by atoms with Crippen LogP contribution in [0.2, 0.25) is 0 Å². The summed E-state index contributed by atoms with van der Waals surface area (Å²) in [4.78, 5) is 29.9. The first-order valence-corrected chi connectivity index (χ1v) is 10.3. The zero-order valence-corrected chi connectivity index (χ0v) is 17.6. The van der Waals surface area contributed by atoms with Gasteiger partial charge in [0.25, 0.3) is 5.91 Å². The maximum Gasteiger partial charge on any atom is 0.258 e. The highest BCUT2D eigenvalue weighted by molar-refractivity contribution is 6.08. The number of fused-ring (bicyclic) bond motifs is 1. The third-order valence-corrected chi connectivity index (χ3v) is 5.84. The van der Waals surface area contributed by atoms with E-state index >= 15 is 0 Å². The second kappa shape index (κ2) is 8.15. The van der Waals surface area contributed by atoms with Gasteiger partial charge in [-0.1, -0.05) is 54.6 Å². The molecule has 1 heterocycles. The Balaban J connectivity index is 1.80. The lowest BCUT2D eigenvalue weighted by molar-refractivity contribution is -0.117. The molecule has 0 saturated carbocycles. The normalized spacial score (nSPS) is 17.9. The summed E-state index contributed by atoms with van der Waals surface area (Å²) in [6, 6.07) is 25.2. The fourth-order valence-electron chi connectivity index (χ4n) is 4.45. The van der Waals surface area contributed by atoms with E-state index in [4.69, 9.17) is 0 Å². The molecule has 3 aromatic rings. The quantitative estimate of drug-likeness (QED) is 0.582. The number of hydrogen-bond donors (Lipinski definition) is 0. The fourth-order valence-corrected chi connectivity index (χ4v) is 4.45. The number of carbonyl (C=O) groups excluding carboxylic acids is 2. The molecule has 152 valence electrons. The number of hydrogen-bond acceptors (Lipinski definition) is 2. The van der Waals surface area contributed by atoms with E-state index in [2.05, 4.69) is 6.92 Å². The molecule has 0 radical (unpaired) electrons. The molecule has 0 aliphatic carbocycles. The lowest BCUT2D eigenvalue weighted by atomic mass is 9.89. The van der Waals surface area contributed by atoms with Crippen molar-refractivity contribution in [2.45, 2.75) is 39.3 Å². The van der Waals surface area contributed by atoms with Crippen LogP contribution in [0.3, 0.4) is 0 Å². The van der Waals surface area contributed by atoms with Crippen molar-refractivity contribution in [1.29, 1.82) is 0 Å². The van der Waals surface area contributed by atoms with E-state index in [9.17, 15) is 9.59 Å². The summed E-state index contributed by atoms with van der Waals surface area (Å²) >= 11 is 0. The highest BCUT2D eigenvalue weighted by Crippen LogP contribution is 2.42. The van der Waals surface area contributed by atoms with Crippen LogP contribution in [-0.2, 0) is 4.79 Å². The Morgan fingerprint density at radius 1 is 0.900 bits per heavy atom. The minimum atomic E-state index is -0.128. The van der Waals surface area contributed by atoms with Crippen molar-refractivity contribution in [3.8, 4) is 0 Å². The number of aryl methyl sites for hydroxylation is 1. The van der Waals surface area contributed by atoms with Gasteiger partial charge in [-0.3, -0.25) is 9.59 Å². The molecule has 3 aromatic carbocycles. The van der Waals surface area contributed by atoms with Gasteiger partial charge in [-0.25, -0.2) is 0 Å². The van der Waals surface area contributed by atoms with Gasteiger partial charge in [-0.05, 0) is 55.7 Å². The van der Waals surface area contributed by atoms with Crippen LogP contribution in [0, 0.1) is 6.92 Å². The van der Waals surface area contributed by atoms with Gasteiger partial charge in [0.2, 0.25) is 5.91 Å². The summed E-state index contributed by atoms with van der Waals surface area (Å²) in [7, 11) is 0. The minimum absolute atomic E-state index is 0.000543. The van der Waals surface area contributed by atoms with Crippen LogP contribution in [0.5, 0.6) is 0 Å². The summed E-state index contributed by atoms with van der Waals surface area (Å²) in [5.41, 5.74) is 4.41. The Bertz CT molecular complexity index is 1080. The number of nitrogens with zero attached hydrogens (tertiary/aromatic N) is 2. The van der Waals surface area contributed by atoms with E-state index < -0.39 is 0 Å². The number of benzene rings is 3. The Labute approximate surface area is 177 Å². The first kappa shape index (κ1) is 19.9. The number of amides is 2. The third kappa shape index (κ3) is 3.50. The molecule has 2 atom stereocenters. The molecule has 0 N–H and O–H groups in total. The highest BCUT2D eigenvalue weighted by Gasteiger charge is 2.38. The third-order valence-electron chi connectivity index (χ3n) is 5.84. The van der Waals surface area contributed by atoms with E-state index in [0.717, 1.165) is 22.5 Å². The molecule has 4 heteroatoms. The van der Waals surface area contributed by atoms with Crippen molar-refractivity contribution >= 4 is 23.2 Å². The Morgan fingerprint density at radius 3 is 2.23 bits per heavy atom. The molecule has 0 saturated heterocycles. The second-order valence-corrected chi connectivity index (χ2v) is 7.87. The maximum atomic E-state index is 13.5. The molecule has 1 aliphatic rings. The van der Waals surface area contributed by atoms with Crippen LogP contribution in [0.1, 0.15) is 47.8 Å². The molecule has 0 bridgehead atoms. The van der Waals surface area contributed by atoms with Gasteiger partial charge in [0.1, 0.15) is 0 Å². The van der Waals surface area contributed by atoms with Crippen LogP contribution in [0.15, 0.2) is 78.9 Å². The van der Waals surface area contributed by atoms with Crippen molar-refractivity contribution in [1.82, 2.24) is 0 Å². The molecular weight excluding hydrogens is 372 g/mol. The first-order chi connectivity index (χ1) is 14.5. The summed E-state index contributed by atoms with van der Waals surface area (Å²) in [5.74, 6) is -0.00697. The van der Waals surface area contributed by atoms with E-state index in [1.165, 1.54) is 0 Å². The fraction of sp³-hybridized carbons (Fsp3) is 0.231. The molecule has 0 spiro atoms. The highest BCUT2D eigenvalue weighted by atomic mass is 16.2. The summed E-state index contributed by atoms with van der Waals surface area (Å²) in [6.07, 6.45) is 0.670. The monoisotopic (exact) mass is 398 g/mol. The molecule has 30 heavy (non-hydrogen) atoms. The predicted molar refractivity (Wildman–Crippen MR) is 121 cm³/mol. The van der Waals surface area contributed by atoms with Gasteiger partial charge < -0.3 is 9.80 Å². The number of para-hydroxylation sites is 2. The van der Waals surface area contributed by atoms with Crippen LogP contribution in [-0.4, -0.2) is 17.9 Å². The molecule has 0 aromatic heterocycles. The van der Waals surface area contributed by atoms with Crippen LogP contribution >= 0.6 is 0 Å². The van der Waals surface area contributed by atoms with E-state index in [0.29, 0.717) is 12.0 Å². The summed E-state index contributed by atoms with van der Waals surface area (Å²) < 4.78 is 0. The zero-order valence-electron chi connectivity index (χ0n) is 17.6. The summed E-state index contributed by atoms with van der Waals surface area (Å²) in [5, 5.41) is 0. The largest absolute Gasteiger partial charge is 0.305 e. The number of rotatable bonds is 3. The average molecular weight is 399 g/mol. The topological polar surface area (TPSA) is 40.6 Å². The van der Waals surface area contributed by atoms with Gasteiger partial charge in [0.05, 0.1) is 6.04 Å². The van der Waals surface area contributed by atoms with Crippen molar-refractivity contribution < 1.29 is 9.59 Å². The Morgan fingerprint density at radius 2 is 1.53 bits per heavy atom. The van der Waals surface area contributed by atoms with Gasteiger partial charge in [-0.15, -0.1) is 0 Å². The maximum absolute atomic E-state index is 13.5. The van der Waals surface area contributed by atoms with Gasteiger partial charge in [0, 0.05) is 29.9 Å². The number of anilines is 2. The Kier molecular flexibility index (Phi) is 5.40. The van der Waals surface area contributed by atoms with E-state index in [1.54, 1.807) is 6.92 Å². The van der Waals surface area contributed by atoms with Crippen molar-refractivity contribution in [2.75, 3.05) is 9.80 Å². The van der Waals surface area contributed by atoms with Crippen molar-refractivity contribution in [2.24, 2.45) is 0 Å². The van der Waals surface area contributed by atoms with E-state index in [1.807, 2.05) is 95.6 Å². The second-order valence-electron chi connectivity index (χ2n) is 7.87. The van der Waals surface area contributed by atoms with Crippen LogP contribution in [0.4, 0.5) is 11.4 Å². The zero-order chi connectivity index (χ0) is 21.3. The lowest BCUT2D eigenvalue weighted by Gasteiger charge is -2.43. The molecule has 0 unspecified atom stereocenters. The smallest absolute Gasteiger partial charge is 0.258 e. The molecule has 2 amide bonds. The molecule has 0 fully saturated rings. The standard InChI is InChI=1S/C26H26N2O2/c1-18-11-7-8-14-22(18)26(30)27-19(2)17-25(23-15-9-10-16-24(23)27)28(20(3)29)21-12-5-4-6-13-21/h4-16,19,25H,17H2,1-3H3/t19-,25+/m0/s1. The van der Waals surface area contributed by atoms with Gasteiger partial charge in [-0.2, -0.15) is 0 Å². The summed E-state index contributed by atoms with van der Waals surface area (Å²) in [6.45, 7) is 5.62. The van der Waals surface area contributed by atoms with Gasteiger partial charge >= 0.3 is 0 Å². The predicted octanol–water partition coefficient (Wildman–Crippen LogP) is 5.53. The van der Waals surface area contributed by atoms with Crippen molar-refractivity contribution in [3.63, 3.8) is 0 Å².